The number of benzene rings is 1. The Bertz CT molecular complexity index is 1020. The molecule has 2 aliphatic rings. The molecule has 10 heteroatoms. The summed E-state index contributed by atoms with van der Waals surface area (Å²) >= 11 is 0. The summed E-state index contributed by atoms with van der Waals surface area (Å²) in [4.78, 5) is 36.1. The van der Waals surface area contributed by atoms with Gasteiger partial charge in [-0.05, 0) is 36.6 Å². The van der Waals surface area contributed by atoms with Gasteiger partial charge >= 0.3 is 6.03 Å². The van der Waals surface area contributed by atoms with Gasteiger partial charge in [0.05, 0.1) is 10.6 Å². The van der Waals surface area contributed by atoms with Gasteiger partial charge in [0.25, 0.3) is 0 Å². The normalized spacial score (nSPS) is 21.6. The molecule has 2 N–H and O–H groups in total. The van der Waals surface area contributed by atoms with Crippen LogP contribution >= 0.6 is 0 Å². The zero-order valence-electron chi connectivity index (χ0n) is 15.8. The van der Waals surface area contributed by atoms with Crippen molar-refractivity contribution < 1.29 is 18.0 Å². The van der Waals surface area contributed by atoms with Crippen molar-refractivity contribution in [2.75, 3.05) is 20.6 Å². The number of rotatable bonds is 4. The number of nitrogens with two attached hydrogens (primary N) is 1. The van der Waals surface area contributed by atoms with Gasteiger partial charge in [-0.2, -0.15) is 0 Å². The van der Waals surface area contributed by atoms with Crippen LogP contribution in [0.4, 0.5) is 4.79 Å². The predicted molar refractivity (Wildman–Crippen MR) is 104 cm³/mol. The monoisotopic (exact) mass is 403 g/mol. The lowest BCUT2D eigenvalue weighted by Gasteiger charge is -2.37. The first-order valence-electron chi connectivity index (χ1n) is 8.57. The first-order chi connectivity index (χ1) is 13.1. The summed E-state index contributed by atoms with van der Waals surface area (Å²) < 4.78 is 22.6. The van der Waals surface area contributed by atoms with Crippen molar-refractivity contribution in [3.05, 3.63) is 41.6 Å². The summed E-state index contributed by atoms with van der Waals surface area (Å²) in [6.07, 6.45) is 2.16. The number of hydrogen-bond acceptors (Lipinski definition) is 6. The van der Waals surface area contributed by atoms with Gasteiger partial charge in [0.15, 0.2) is 0 Å². The fourth-order valence-electron chi connectivity index (χ4n) is 3.14. The summed E-state index contributed by atoms with van der Waals surface area (Å²) in [5, 5.41) is 5.10. The maximum atomic E-state index is 12.7. The zero-order valence-corrected chi connectivity index (χ0v) is 16.6. The number of primary sulfonamides is 1. The Hall–Kier alpha value is -2.85. The summed E-state index contributed by atoms with van der Waals surface area (Å²) in [5.41, 5.74) is 2.24. The van der Waals surface area contributed by atoms with Crippen molar-refractivity contribution >= 4 is 33.5 Å². The lowest BCUT2D eigenvalue weighted by molar-refractivity contribution is -0.128. The number of amides is 3. The second kappa shape index (κ2) is 7.28. The first-order valence-corrected chi connectivity index (χ1v) is 10.1. The van der Waals surface area contributed by atoms with E-state index in [0.29, 0.717) is 24.5 Å². The summed E-state index contributed by atoms with van der Waals surface area (Å²) in [5.74, 6) is -0.692. The Morgan fingerprint density at radius 1 is 1.14 bits per heavy atom. The highest BCUT2D eigenvalue weighted by Crippen LogP contribution is 2.25. The van der Waals surface area contributed by atoms with E-state index in [1.54, 1.807) is 25.4 Å². The molecule has 0 spiro atoms. The van der Waals surface area contributed by atoms with Crippen LogP contribution in [0.2, 0.25) is 0 Å². The standard InChI is InChI=1S/C18H21N5O4S/c1-11-10-21-16-14(17(24)23(3)18(25)22(16)2)15(11)20-9-8-12-4-6-13(7-5-12)28(19,26)27/h4-7,10,14H,8-9H2,1-3H3,(H2,19,26,27). The van der Waals surface area contributed by atoms with E-state index in [0.717, 1.165) is 16.0 Å². The number of amidine groups is 1. The number of carbonyl (C=O) groups is 2. The van der Waals surface area contributed by atoms with Crippen LogP contribution in [0, 0.1) is 5.92 Å². The number of sulfonamides is 1. The number of fused-ring (bicyclic) bond motifs is 1. The third-order valence-corrected chi connectivity index (χ3v) is 5.68. The van der Waals surface area contributed by atoms with Gasteiger partial charge in [0.1, 0.15) is 11.8 Å². The average molecular weight is 403 g/mol. The Morgan fingerprint density at radius 2 is 1.79 bits per heavy atom. The maximum Gasteiger partial charge on any atom is 0.331 e. The Morgan fingerprint density at radius 3 is 2.39 bits per heavy atom. The number of carbonyl (C=O) groups excluding carboxylic acids is 2. The van der Waals surface area contributed by atoms with Gasteiger partial charge in [-0.15, -0.1) is 0 Å². The number of imide groups is 1. The van der Waals surface area contributed by atoms with Gasteiger partial charge in [0, 0.05) is 26.8 Å². The molecule has 0 bridgehead atoms. The molecule has 0 radical (unpaired) electrons. The number of hydrogen-bond donors (Lipinski definition) is 1. The van der Waals surface area contributed by atoms with Gasteiger partial charge in [-0.1, -0.05) is 12.1 Å². The highest BCUT2D eigenvalue weighted by Gasteiger charge is 2.44. The zero-order chi connectivity index (χ0) is 20.6. The third-order valence-electron chi connectivity index (χ3n) is 4.76. The minimum Gasteiger partial charge on any atom is -0.288 e. The largest absolute Gasteiger partial charge is 0.331 e. The van der Waals surface area contributed by atoms with Crippen LogP contribution in [-0.4, -0.2) is 62.3 Å². The van der Waals surface area contributed by atoms with E-state index in [1.165, 1.54) is 24.1 Å². The fourth-order valence-corrected chi connectivity index (χ4v) is 3.65. The van der Waals surface area contributed by atoms with Crippen LogP contribution < -0.4 is 5.14 Å². The molecule has 1 aromatic rings. The molecule has 3 amide bonds. The molecule has 1 aromatic carbocycles. The summed E-state index contributed by atoms with van der Waals surface area (Å²) in [7, 11) is -0.701. The Labute approximate surface area is 163 Å². The lowest BCUT2D eigenvalue weighted by atomic mass is 9.91. The SMILES string of the molecule is CC1=CN=C2C(C(=O)N(C)C(=O)N2C)C1=NCCc1ccc(S(N)(=O)=O)cc1. The second-order valence-corrected chi connectivity index (χ2v) is 8.24. The molecule has 0 aliphatic carbocycles. The molecular formula is C18H21N5O4S. The summed E-state index contributed by atoms with van der Waals surface area (Å²) in [6, 6.07) is 5.84. The van der Waals surface area contributed by atoms with Gasteiger partial charge in [-0.25, -0.2) is 23.3 Å². The van der Waals surface area contributed by atoms with Crippen LogP contribution in [0.1, 0.15) is 12.5 Å². The quantitative estimate of drug-likeness (QED) is 0.797. The van der Waals surface area contributed by atoms with Gasteiger partial charge < -0.3 is 0 Å². The molecule has 1 saturated heterocycles. The van der Waals surface area contributed by atoms with E-state index < -0.39 is 22.0 Å². The van der Waals surface area contributed by atoms with Crippen LogP contribution in [0.3, 0.4) is 0 Å². The topological polar surface area (TPSA) is 126 Å². The van der Waals surface area contributed by atoms with E-state index in [2.05, 4.69) is 9.98 Å². The highest BCUT2D eigenvalue weighted by molar-refractivity contribution is 7.89. The molecule has 1 unspecified atom stereocenters. The van der Waals surface area contributed by atoms with Crippen molar-refractivity contribution in [1.29, 1.82) is 0 Å². The number of allylic oxidation sites excluding steroid dienone is 1. The maximum absolute atomic E-state index is 12.7. The van der Waals surface area contributed by atoms with Gasteiger partial charge in [-0.3, -0.25) is 19.6 Å². The smallest absolute Gasteiger partial charge is 0.288 e. The molecular weight excluding hydrogens is 382 g/mol. The van der Waals surface area contributed by atoms with E-state index in [9.17, 15) is 18.0 Å². The van der Waals surface area contributed by atoms with Crippen LogP contribution in [0.5, 0.6) is 0 Å². The lowest BCUT2D eigenvalue weighted by Crippen LogP contribution is -2.59. The molecule has 0 aromatic heterocycles. The molecule has 2 aliphatic heterocycles. The highest BCUT2D eigenvalue weighted by atomic mass is 32.2. The number of aliphatic imine (C=N–C) groups is 2. The molecule has 9 nitrogen and oxygen atoms in total. The van der Waals surface area contributed by atoms with Crippen LogP contribution in [0.25, 0.3) is 0 Å². The first kappa shape index (κ1) is 19.9. The molecule has 2 heterocycles. The Kier molecular flexibility index (Phi) is 5.18. The molecule has 1 atom stereocenters. The number of nitrogens with zero attached hydrogens (tertiary/aromatic N) is 4. The molecule has 28 heavy (non-hydrogen) atoms. The van der Waals surface area contributed by atoms with Crippen LogP contribution in [0.15, 0.2) is 50.9 Å². The van der Waals surface area contributed by atoms with Crippen molar-refractivity contribution in [2.45, 2.75) is 18.2 Å². The van der Waals surface area contributed by atoms with Crippen molar-refractivity contribution in [2.24, 2.45) is 21.0 Å². The molecule has 1 fully saturated rings. The number of urea groups is 1. The van der Waals surface area contributed by atoms with Crippen molar-refractivity contribution in [3.63, 3.8) is 0 Å². The minimum absolute atomic E-state index is 0.0537. The van der Waals surface area contributed by atoms with E-state index in [-0.39, 0.29) is 10.8 Å². The van der Waals surface area contributed by atoms with Crippen molar-refractivity contribution in [1.82, 2.24) is 9.80 Å². The van der Waals surface area contributed by atoms with Crippen LogP contribution in [-0.2, 0) is 21.2 Å². The molecule has 3 rings (SSSR count). The van der Waals surface area contributed by atoms with Gasteiger partial charge in [0.2, 0.25) is 15.9 Å². The summed E-state index contributed by atoms with van der Waals surface area (Å²) in [6.45, 7) is 2.22. The predicted octanol–water partition coefficient (Wildman–Crippen LogP) is 0.773. The Balaban J connectivity index is 1.80. The van der Waals surface area contributed by atoms with E-state index in [4.69, 9.17) is 5.14 Å². The fraction of sp³-hybridized carbons (Fsp3) is 0.333. The minimum atomic E-state index is -3.72. The third kappa shape index (κ3) is 3.60. The molecule has 0 saturated carbocycles. The second-order valence-electron chi connectivity index (χ2n) is 6.68. The average Bonchev–Trinajstić information content (AvgIpc) is 2.65. The van der Waals surface area contributed by atoms with E-state index in [1.807, 2.05) is 6.92 Å². The van der Waals surface area contributed by atoms with Crippen molar-refractivity contribution in [3.8, 4) is 0 Å². The molecule has 148 valence electrons. The van der Waals surface area contributed by atoms with E-state index >= 15 is 0 Å².